The molecule has 1 saturated heterocycles. The number of aliphatic imine (C=N–C) groups is 1. The predicted molar refractivity (Wildman–Crippen MR) is 97.4 cm³/mol. The number of rotatable bonds is 4. The van der Waals surface area contributed by atoms with Crippen molar-refractivity contribution in [3.63, 3.8) is 0 Å². The van der Waals surface area contributed by atoms with E-state index in [4.69, 9.17) is 16.3 Å². The molecule has 1 N–H and O–H groups in total. The Morgan fingerprint density at radius 3 is 2.80 bits per heavy atom. The van der Waals surface area contributed by atoms with Crippen molar-refractivity contribution in [3.05, 3.63) is 44.8 Å². The monoisotopic (exact) mass is 383 g/mol. The first-order valence-corrected chi connectivity index (χ1v) is 9.90. The van der Waals surface area contributed by atoms with Gasteiger partial charge in [0, 0.05) is 11.9 Å². The Kier molecular flexibility index (Phi) is 4.75. The van der Waals surface area contributed by atoms with Gasteiger partial charge in [-0.2, -0.15) is 0 Å². The van der Waals surface area contributed by atoms with Crippen LogP contribution in [0.2, 0.25) is 5.02 Å². The number of aromatic amines is 1. The van der Waals surface area contributed by atoms with E-state index in [1.807, 2.05) is 0 Å². The van der Waals surface area contributed by atoms with Gasteiger partial charge in [-0.1, -0.05) is 11.6 Å². The molecule has 25 heavy (non-hydrogen) atoms. The summed E-state index contributed by atoms with van der Waals surface area (Å²) in [4.78, 5) is 16.9. The summed E-state index contributed by atoms with van der Waals surface area (Å²) in [7, 11) is -1.54. The zero-order valence-corrected chi connectivity index (χ0v) is 15.4. The number of nitrogens with one attached hydrogen (secondary N) is 1. The normalized spacial score (nSPS) is 19.6. The van der Waals surface area contributed by atoms with Crippen molar-refractivity contribution in [2.45, 2.75) is 19.4 Å². The second-order valence-electron chi connectivity index (χ2n) is 5.96. The summed E-state index contributed by atoms with van der Waals surface area (Å²) in [5.74, 6) is 0.635. The number of sulfone groups is 1. The van der Waals surface area contributed by atoms with Crippen LogP contribution in [-0.2, 0) is 9.84 Å². The van der Waals surface area contributed by atoms with Crippen LogP contribution >= 0.6 is 11.6 Å². The van der Waals surface area contributed by atoms with Gasteiger partial charge in [0.15, 0.2) is 9.84 Å². The highest BCUT2D eigenvalue weighted by Gasteiger charge is 2.31. The van der Waals surface area contributed by atoms with E-state index in [0.717, 1.165) is 0 Å². The van der Waals surface area contributed by atoms with Crippen molar-refractivity contribution in [1.29, 1.82) is 0 Å². The van der Waals surface area contributed by atoms with E-state index < -0.39 is 9.84 Å². The number of aromatic nitrogens is 2. The van der Waals surface area contributed by atoms with Gasteiger partial charge in [0.1, 0.15) is 5.75 Å². The van der Waals surface area contributed by atoms with E-state index in [0.29, 0.717) is 34.1 Å². The Labute approximate surface area is 150 Å². The summed E-state index contributed by atoms with van der Waals surface area (Å²) in [6.07, 6.45) is 1.90. The molecule has 1 aliphatic heterocycles. The van der Waals surface area contributed by atoms with Crippen LogP contribution in [0.1, 0.15) is 23.7 Å². The molecule has 1 aliphatic rings. The second-order valence-corrected chi connectivity index (χ2v) is 8.60. The Morgan fingerprint density at radius 1 is 1.44 bits per heavy atom. The first-order valence-electron chi connectivity index (χ1n) is 7.70. The van der Waals surface area contributed by atoms with Crippen LogP contribution in [0.5, 0.6) is 5.75 Å². The number of benzene rings is 1. The SMILES string of the molecule is COc1ccc(N=Cc2c(C)[nH]n([C@H]3CCS(=O)(=O)C3)c2=O)cc1Cl. The lowest BCUT2D eigenvalue weighted by molar-refractivity contribution is 0.415. The third-order valence-electron chi connectivity index (χ3n) is 4.19. The van der Waals surface area contributed by atoms with E-state index in [1.165, 1.54) is 18.0 Å². The van der Waals surface area contributed by atoms with Crippen molar-refractivity contribution < 1.29 is 13.2 Å². The third-order valence-corrected chi connectivity index (χ3v) is 6.24. The molecule has 0 aliphatic carbocycles. The van der Waals surface area contributed by atoms with E-state index in [9.17, 15) is 13.2 Å². The number of hydrogen-bond acceptors (Lipinski definition) is 5. The fraction of sp³-hybridized carbons (Fsp3) is 0.375. The number of aryl methyl sites for hydroxylation is 1. The number of H-pyrrole nitrogens is 1. The largest absolute Gasteiger partial charge is 0.495 e. The molecule has 0 spiro atoms. The highest BCUT2D eigenvalue weighted by atomic mass is 35.5. The van der Waals surface area contributed by atoms with Gasteiger partial charge in [-0.3, -0.25) is 14.9 Å². The van der Waals surface area contributed by atoms with Crippen molar-refractivity contribution in [3.8, 4) is 5.75 Å². The van der Waals surface area contributed by atoms with Gasteiger partial charge in [0.2, 0.25) is 0 Å². The predicted octanol–water partition coefficient (Wildman–Crippen LogP) is 2.26. The zero-order chi connectivity index (χ0) is 18.2. The van der Waals surface area contributed by atoms with Crippen molar-refractivity contribution >= 4 is 33.3 Å². The van der Waals surface area contributed by atoms with Gasteiger partial charge in [-0.15, -0.1) is 0 Å². The van der Waals surface area contributed by atoms with Gasteiger partial charge in [-0.25, -0.2) is 13.1 Å². The number of methoxy groups -OCH3 is 1. The molecular weight excluding hydrogens is 366 g/mol. The van der Waals surface area contributed by atoms with Crippen molar-refractivity contribution in [1.82, 2.24) is 9.78 Å². The van der Waals surface area contributed by atoms with Gasteiger partial charge >= 0.3 is 0 Å². The quantitative estimate of drug-likeness (QED) is 0.819. The molecule has 1 fully saturated rings. The number of nitrogens with zero attached hydrogens (tertiary/aromatic N) is 2. The molecule has 7 nitrogen and oxygen atoms in total. The van der Waals surface area contributed by atoms with Crippen LogP contribution in [-0.4, -0.2) is 43.0 Å². The molecule has 0 saturated carbocycles. The molecule has 1 atom stereocenters. The maximum atomic E-state index is 12.6. The molecular formula is C16H18ClN3O4S. The van der Waals surface area contributed by atoms with E-state index in [2.05, 4.69) is 10.1 Å². The van der Waals surface area contributed by atoms with Crippen LogP contribution in [0.15, 0.2) is 28.0 Å². The van der Waals surface area contributed by atoms with Crippen LogP contribution < -0.4 is 10.3 Å². The first-order chi connectivity index (χ1) is 11.8. The molecule has 2 heterocycles. The molecule has 0 radical (unpaired) electrons. The van der Waals surface area contributed by atoms with E-state index in [1.54, 1.807) is 25.1 Å². The maximum absolute atomic E-state index is 12.6. The molecule has 1 aromatic carbocycles. The molecule has 3 rings (SSSR count). The zero-order valence-electron chi connectivity index (χ0n) is 13.8. The number of ether oxygens (including phenoxy) is 1. The summed E-state index contributed by atoms with van der Waals surface area (Å²) in [5, 5.41) is 3.39. The fourth-order valence-electron chi connectivity index (χ4n) is 2.84. The Morgan fingerprint density at radius 2 is 2.20 bits per heavy atom. The Hall–Kier alpha value is -2.06. The Balaban J connectivity index is 1.89. The summed E-state index contributed by atoms with van der Waals surface area (Å²) in [6, 6.07) is 4.71. The molecule has 0 bridgehead atoms. The van der Waals surface area contributed by atoms with Crippen LogP contribution in [0, 0.1) is 6.92 Å². The average molecular weight is 384 g/mol. The van der Waals surface area contributed by atoms with Gasteiger partial charge < -0.3 is 4.74 Å². The lowest BCUT2D eigenvalue weighted by Crippen LogP contribution is -2.25. The minimum atomic E-state index is -3.07. The molecule has 0 unspecified atom stereocenters. The lowest BCUT2D eigenvalue weighted by atomic mass is 10.2. The van der Waals surface area contributed by atoms with Gasteiger partial charge in [-0.05, 0) is 31.5 Å². The van der Waals surface area contributed by atoms with Crippen LogP contribution in [0.4, 0.5) is 5.69 Å². The highest BCUT2D eigenvalue weighted by molar-refractivity contribution is 7.91. The molecule has 134 valence electrons. The third kappa shape index (κ3) is 3.64. The summed E-state index contributed by atoms with van der Waals surface area (Å²) in [5.41, 5.74) is 1.35. The fourth-order valence-corrected chi connectivity index (χ4v) is 4.80. The summed E-state index contributed by atoms with van der Waals surface area (Å²) in [6.45, 7) is 1.75. The first kappa shape index (κ1) is 17.8. The van der Waals surface area contributed by atoms with Crippen LogP contribution in [0.3, 0.4) is 0 Å². The lowest BCUT2D eigenvalue weighted by Gasteiger charge is -2.07. The minimum Gasteiger partial charge on any atom is -0.495 e. The number of halogens is 1. The van der Waals surface area contributed by atoms with Crippen molar-refractivity contribution in [2.75, 3.05) is 18.6 Å². The average Bonchev–Trinajstić information content (AvgIpc) is 3.05. The molecule has 9 heteroatoms. The van der Waals surface area contributed by atoms with Gasteiger partial charge in [0.25, 0.3) is 5.56 Å². The summed E-state index contributed by atoms with van der Waals surface area (Å²) < 4.78 is 29.7. The number of hydrogen-bond donors (Lipinski definition) is 1. The molecule has 1 aromatic heterocycles. The topological polar surface area (TPSA) is 93.5 Å². The van der Waals surface area contributed by atoms with Gasteiger partial charge in [0.05, 0.1) is 40.9 Å². The Bertz CT molecular complexity index is 991. The summed E-state index contributed by atoms with van der Waals surface area (Å²) >= 11 is 6.06. The maximum Gasteiger partial charge on any atom is 0.275 e. The van der Waals surface area contributed by atoms with E-state index >= 15 is 0 Å². The molecule has 0 amide bonds. The standard InChI is InChI=1S/C16H18ClN3O4S/c1-10-13(8-18-11-3-4-15(24-2)14(17)7-11)16(21)20(19-10)12-5-6-25(22,23)9-12/h3-4,7-8,12,19H,5-6,9H2,1-2H3/t12-/m0/s1. The second kappa shape index (κ2) is 6.68. The van der Waals surface area contributed by atoms with Crippen molar-refractivity contribution in [2.24, 2.45) is 4.99 Å². The highest BCUT2D eigenvalue weighted by Crippen LogP contribution is 2.28. The van der Waals surface area contributed by atoms with E-state index in [-0.39, 0.29) is 23.1 Å². The smallest absolute Gasteiger partial charge is 0.275 e. The van der Waals surface area contributed by atoms with Crippen LogP contribution in [0.25, 0.3) is 0 Å². The minimum absolute atomic E-state index is 0.0163. The molecule has 2 aromatic rings.